The molecule has 2 rings (SSSR count). The molecular weight excluding hydrogens is 224 g/mol. The van der Waals surface area contributed by atoms with Crippen LogP contribution in [0.4, 0.5) is 0 Å². The molecule has 18 heavy (non-hydrogen) atoms. The minimum absolute atomic E-state index is 0.0432. The van der Waals surface area contributed by atoms with Gasteiger partial charge in [-0.2, -0.15) is 0 Å². The van der Waals surface area contributed by atoms with Crippen LogP contribution in [0.15, 0.2) is 0 Å². The van der Waals surface area contributed by atoms with Gasteiger partial charge < -0.3 is 10.4 Å². The van der Waals surface area contributed by atoms with Crippen LogP contribution in [-0.2, 0) is 0 Å². The smallest absolute Gasteiger partial charge is 0.0618 e. The SMILES string of the molecule is CC1CC(C)(C)CCC1(CO)N1CCCNCC1. The van der Waals surface area contributed by atoms with E-state index in [9.17, 15) is 5.11 Å². The molecule has 1 aliphatic heterocycles. The first-order valence-corrected chi connectivity index (χ1v) is 7.57. The van der Waals surface area contributed by atoms with E-state index in [1.807, 2.05) is 0 Å². The Kier molecular flexibility index (Phi) is 4.35. The third-order valence-corrected chi connectivity index (χ3v) is 5.25. The van der Waals surface area contributed by atoms with Gasteiger partial charge in [0.2, 0.25) is 0 Å². The number of aliphatic hydroxyl groups is 1. The van der Waals surface area contributed by atoms with Crippen molar-refractivity contribution in [3.05, 3.63) is 0 Å². The topological polar surface area (TPSA) is 35.5 Å². The van der Waals surface area contributed by atoms with Crippen LogP contribution in [0.3, 0.4) is 0 Å². The molecule has 0 aromatic carbocycles. The summed E-state index contributed by atoms with van der Waals surface area (Å²) in [5, 5.41) is 13.5. The van der Waals surface area contributed by atoms with Crippen LogP contribution in [0.5, 0.6) is 0 Å². The molecule has 0 amide bonds. The zero-order valence-corrected chi connectivity index (χ0v) is 12.3. The lowest BCUT2D eigenvalue weighted by molar-refractivity contribution is -0.0590. The standard InChI is InChI=1S/C15H30N2O/c1-13-11-14(2,3)5-6-15(13,12-18)17-9-4-7-16-8-10-17/h13,16,18H,4-12H2,1-3H3. The number of nitrogens with one attached hydrogen (secondary N) is 1. The van der Waals surface area contributed by atoms with Gasteiger partial charge in [0.25, 0.3) is 0 Å². The molecule has 2 unspecified atom stereocenters. The predicted molar refractivity (Wildman–Crippen MR) is 75.7 cm³/mol. The molecule has 3 heteroatoms. The Labute approximate surface area is 112 Å². The fourth-order valence-electron chi connectivity index (χ4n) is 4.02. The molecule has 106 valence electrons. The highest BCUT2D eigenvalue weighted by Gasteiger charge is 2.46. The molecule has 0 bridgehead atoms. The second kappa shape index (κ2) is 5.48. The van der Waals surface area contributed by atoms with E-state index in [0.717, 1.165) is 32.6 Å². The van der Waals surface area contributed by atoms with E-state index in [0.29, 0.717) is 17.9 Å². The van der Waals surface area contributed by atoms with Gasteiger partial charge >= 0.3 is 0 Å². The maximum absolute atomic E-state index is 10.1. The molecule has 1 aliphatic carbocycles. The molecule has 1 heterocycles. The van der Waals surface area contributed by atoms with Crippen molar-refractivity contribution in [1.82, 2.24) is 10.2 Å². The summed E-state index contributed by atoms with van der Waals surface area (Å²) in [5.74, 6) is 0.587. The van der Waals surface area contributed by atoms with Gasteiger partial charge in [-0.05, 0) is 43.6 Å². The average Bonchev–Trinajstić information content (AvgIpc) is 2.58. The molecule has 3 nitrogen and oxygen atoms in total. The van der Waals surface area contributed by atoms with Crippen molar-refractivity contribution >= 4 is 0 Å². The zero-order valence-electron chi connectivity index (χ0n) is 12.3. The number of rotatable bonds is 2. The van der Waals surface area contributed by atoms with Crippen LogP contribution < -0.4 is 5.32 Å². The van der Waals surface area contributed by atoms with E-state index in [2.05, 4.69) is 31.0 Å². The predicted octanol–water partition coefficient (Wildman–Crippen LogP) is 1.86. The first-order valence-electron chi connectivity index (χ1n) is 7.57. The lowest BCUT2D eigenvalue weighted by Gasteiger charge is -2.53. The fourth-order valence-corrected chi connectivity index (χ4v) is 4.02. The Balaban J connectivity index is 2.14. The number of hydrogen-bond donors (Lipinski definition) is 2. The van der Waals surface area contributed by atoms with Gasteiger partial charge in [-0.15, -0.1) is 0 Å². The van der Waals surface area contributed by atoms with Crippen LogP contribution in [0.1, 0.15) is 46.5 Å². The van der Waals surface area contributed by atoms with E-state index in [1.54, 1.807) is 0 Å². The number of hydrogen-bond acceptors (Lipinski definition) is 3. The lowest BCUT2D eigenvalue weighted by atomic mass is 9.63. The number of nitrogens with zero attached hydrogens (tertiary/aromatic N) is 1. The largest absolute Gasteiger partial charge is 0.394 e. The van der Waals surface area contributed by atoms with E-state index < -0.39 is 0 Å². The van der Waals surface area contributed by atoms with Crippen LogP contribution in [-0.4, -0.2) is 48.3 Å². The molecule has 0 spiro atoms. The summed E-state index contributed by atoms with van der Waals surface area (Å²) in [4.78, 5) is 2.58. The van der Waals surface area contributed by atoms with Crippen molar-refractivity contribution in [2.75, 3.05) is 32.8 Å². The molecule has 2 aliphatic rings. The second-order valence-corrected chi connectivity index (χ2v) is 7.12. The van der Waals surface area contributed by atoms with Crippen LogP contribution in [0, 0.1) is 11.3 Å². The molecule has 0 aromatic rings. The molecule has 0 aromatic heterocycles. The van der Waals surface area contributed by atoms with Gasteiger partial charge in [0.05, 0.1) is 6.61 Å². The van der Waals surface area contributed by atoms with Gasteiger partial charge in [-0.25, -0.2) is 0 Å². The Morgan fingerprint density at radius 1 is 1.22 bits per heavy atom. The second-order valence-electron chi connectivity index (χ2n) is 7.12. The highest BCUT2D eigenvalue weighted by atomic mass is 16.3. The monoisotopic (exact) mass is 254 g/mol. The molecule has 2 N–H and O–H groups in total. The molecular formula is C15H30N2O. The van der Waals surface area contributed by atoms with Crippen molar-refractivity contribution < 1.29 is 5.11 Å². The fraction of sp³-hybridized carbons (Fsp3) is 1.00. The van der Waals surface area contributed by atoms with E-state index >= 15 is 0 Å². The summed E-state index contributed by atoms with van der Waals surface area (Å²) in [6, 6.07) is 0. The average molecular weight is 254 g/mol. The first kappa shape index (κ1) is 14.3. The Morgan fingerprint density at radius 2 is 2.00 bits per heavy atom. The zero-order chi connectivity index (χ0) is 13.2. The maximum atomic E-state index is 10.1. The van der Waals surface area contributed by atoms with Gasteiger partial charge in [0.1, 0.15) is 0 Å². The normalized spacial score (nSPS) is 38.3. The van der Waals surface area contributed by atoms with E-state index in [-0.39, 0.29) is 5.54 Å². The van der Waals surface area contributed by atoms with Crippen LogP contribution >= 0.6 is 0 Å². The van der Waals surface area contributed by atoms with Crippen molar-refractivity contribution in [1.29, 1.82) is 0 Å². The van der Waals surface area contributed by atoms with Crippen molar-refractivity contribution in [3.8, 4) is 0 Å². The summed E-state index contributed by atoms with van der Waals surface area (Å²) in [6.45, 7) is 11.8. The third-order valence-electron chi connectivity index (χ3n) is 5.25. The highest BCUT2D eigenvalue weighted by molar-refractivity contribution is 5.01. The molecule has 1 saturated heterocycles. The molecule has 1 saturated carbocycles. The Bertz CT molecular complexity index is 272. The summed E-state index contributed by atoms with van der Waals surface area (Å²) < 4.78 is 0. The summed E-state index contributed by atoms with van der Waals surface area (Å²) in [5.41, 5.74) is 0.490. The molecule has 2 fully saturated rings. The summed E-state index contributed by atoms with van der Waals surface area (Å²) in [6.07, 6.45) is 4.83. The highest BCUT2D eigenvalue weighted by Crippen LogP contribution is 2.46. The Morgan fingerprint density at radius 3 is 2.67 bits per heavy atom. The Hall–Kier alpha value is -0.120. The molecule has 0 radical (unpaired) electrons. The van der Waals surface area contributed by atoms with Crippen molar-refractivity contribution in [3.63, 3.8) is 0 Å². The maximum Gasteiger partial charge on any atom is 0.0618 e. The number of aliphatic hydroxyl groups excluding tert-OH is 1. The molecule has 2 atom stereocenters. The summed E-state index contributed by atoms with van der Waals surface area (Å²) in [7, 11) is 0. The minimum atomic E-state index is 0.0432. The lowest BCUT2D eigenvalue weighted by Crippen LogP contribution is -2.59. The van der Waals surface area contributed by atoms with Gasteiger partial charge in [-0.3, -0.25) is 4.90 Å². The summed E-state index contributed by atoms with van der Waals surface area (Å²) >= 11 is 0. The quantitative estimate of drug-likeness (QED) is 0.789. The van der Waals surface area contributed by atoms with Gasteiger partial charge in [-0.1, -0.05) is 20.8 Å². The first-order chi connectivity index (χ1) is 8.50. The third kappa shape index (κ3) is 2.73. The van der Waals surface area contributed by atoms with Gasteiger partial charge in [0, 0.05) is 25.2 Å². The van der Waals surface area contributed by atoms with Crippen molar-refractivity contribution in [2.24, 2.45) is 11.3 Å². The van der Waals surface area contributed by atoms with Gasteiger partial charge in [0.15, 0.2) is 0 Å². The van der Waals surface area contributed by atoms with Crippen molar-refractivity contribution in [2.45, 2.75) is 52.0 Å². The van der Waals surface area contributed by atoms with E-state index in [1.165, 1.54) is 19.3 Å². The van der Waals surface area contributed by atoms with Crippen LogP contribution in [0.25, 0.3) is 0 Å². The minimum Gasteiger partial charge on any atom is -0.394 e. The van der Waals surface area contributed by atoms with Crippen LogP contribution in [0.2, 0.25) is 0 Å². The van der Waals surface area contributed by atoms with E-state index in [4.69, 9.17) is 0 Å².